The number of amides is 4. The Hall–Kier alpha value is -2.37. The molecule has 6 heteroatoms. The first-order valence-corrected chi connectivity index (χ1v) is 9.47. The van der Waals surface area contributed by atoms with Gasteiger partial charge in [-0.25, -0.2) is 4.79 Å². The van der Waals surface area contributed by atoms with Crippen LogP contribution in [0.3, 0.4) is 0 Å². The summed E-state index contributed by atoms with van der Waals surface area (Å²) >= 11 is 0. The number of rotatable bonds is 5. The zero-order valence-electron chi connectivity index (χ0n) is 15.6. The Morgan fingerprint density at radius 2 is 1.77 bits per heavy atom. The van der Waals surface area contributed by atoms with E-state index in [1.165, 1.54) is 5.56 Å². The SMILES string of the molecule is CCCc1ccc(C2(C)NC(=O)N(CC(=O)N3CCCCC3)C2=O)cc1. The lowest BCUT2D eigenvalue weighted by Gasteiger charge is -2.28. The second-order valence-electron chi connectivity index (χ2n) is 7.33. The van der Waals surface area contributed by atoms with E-state index in [-0.39, 0.29) is 18.4 Å². The van der Waals surface area contributed by atoms with Crippen LogP contribution in [0.25, 0.3) is 0 Å². The molecule has 0 aliphatic carbocycles. The number of carbonyl (C=O) groups is 3. The van der Waals surface area contributed by atoms with Crippen LogP contribution in [0.4, 0.5) is 4.79 Å². The molecule has 1 N–H and O–H groups in total. The van der Waals surface area contributed by atoms with Gasteiger partial charge in [0.25, 0.3) is 5.91 Å². The number of aryl methyl sites for hydroxylation is 1. The zero-order chi connectivity index (χ0) is 18.7. The standard InChI is InChI=1S/C20H27N3O3/c1-3-7-15-8-10-16(11-9-15)20(2)18(25)23(19(26)21-20)14-17(24)22-12-5-4-6-13-22/h8-11H,3-7,12-14H2,1-2H3,(H,21,26). The summed E-state index contributed by atoms with van der Waals surface area (Å²) in [5.41, 5.74) is 0.821. The maximum atomic E-state index is 12.9. The van der Waals surface area contributed by atoms with Gasteiger partial charge in [0, 0.05) is 13.1 Å². The van der Waals surface area contributed by atoms with E-state index >= 15 is 0 Å². The number of nitrogens with one attached hydrogen (secondary N) is 1. The summed E-state index contributed by atoms with van der Waals surface area (Å²) in [7, 11) is 0. The summed E-state index contributed by atoms with van der Waals surface area (Å²) < 4.78 is 0. The number of hydrogen-bond acceptors (Lipinski definition) is 3. The summed E-state index contributed by atoms with van der Waals surface area (Å²) in [5.74, 6) is -0.521. The van der Waals surface area contributed by atoms with E-state index in [9.17, 15) is 14.4 Å². The van der Waals surface area contributed by atoms with E-state index in [1.54, 1.807) is 11.8 Å². The third kappa shape index (κ3) is 3.45. The predicted octanol–water partition coefficient (Wildman–Crippen LogP) is 2.42. The first-order valence-electron chi connectivity index (χ1n) is 9.47. The highest BCUT2D eigenvalue weighted by molar-refractivity contribution is 6.09. The van der Waals surface area contributed by atoms with E-state index in [0.29, 0.717) is 13.1 Å². The van der Waals surface area contributed by atoms with Crippen molar-refractivity contribution in [3.63, 3.8) is 0 Å². The maximum absolute atomic E-state index is 12.9. The second-order valence-corrected chi connectivity index (χ2v) is 7.33. The monoisotopic (exact) mass is 357 g/mol. The molecule has 0 radical (unpaired) electrons. The predicted molar refractivity (Wildman–Crippen MR) is 98.5 cm³/mol. The quantitative estimate of drug-likeness (QED) is 0.823. The van der Waals surface area contributed by atoms with Crippen LogP contribution in [0, 0.1) is 0 Å². The average Bonchev–Trinajstić information content (AvgIpc) is 2.87. The van der Waals surface area contributed by atoms with Crippen LogP contribution in [0.2, 0.25) is 0 Å². The Kier molecular flexibility index (Phi) is 5.30. The molecule has 0 aromatic heterocycles. The fourth-order valence-electron chi connectivity index (χ4n) is 3.71. The molecule has 1 unspecified atom stereocenters. The van der Waals surface area contributed by atoms with Crippen molar-refractivity contribution < 1.29 is 14.4 Å². The van der Waals surface area contributed by atoms with E-state index in [4.69, 9.17) is 0 Å². The molecule has 0 bridgehead atoms. The van der Waals surface area contributed by atoms with Crippen LogP contribution >= 0.6 is 0 Å². The number of hydrogen-bond donors (Lipinski definition) is 1. The highest BCUT2D eigenvalue weighted by atomic mass is 16.2. The Morgan fingerprint density at radius 3 is 2.38 bits per heavy atom. The fourth-order valence-corrected chi connectivity index (χ4v) is 3.71. The van der Waals surface area contributed by atoms with Crippen molar-refractivity contribution in [2.45, 2.75) is 51.5 Å². The van der Waals surface area contributed by atoms with Crippen LogP contribution < -0.4 is 5.32 Å². The zero-order valence-corrected chi connectivity index (χ0v) is 15.6. The molecule has 2 heterocycles. The molecule has 2 aliphatic rings. The number of imide groups is 1. The Morgan fingerprint density at radius 1 is 1.12 bits per heavy atom. The number of carbonyl (C=O) groups excluding carboxylic acids is 3. The lowest BCUT2D eigenvalue weighted by Crippen LogP contribution is -2.45. The molecule has 3 rings (SSSR count). The molecule has 1 aromatic rings. The first kappa shape index (κ1) is 18.4. The molecule has 140 valence electrons. The minimum absolute atomic E-state index is 0.157. The Balaban J connectivity index is 1.73. The van der Waals surface area contributed by atoms with E-state index in [1.807, 2.05) is 24.3 Å². The van der Waals surface area contributed by atoms with Gasteiger partial charge < -0.3 is 10.2 Å². The molecule has 1 aromatic carbocycles. The molecule has 4 amide bonds. The lowest BCUT2D eigenvalue weighted by atomic mass is 9.91. The smallest absolute Gasteiger partial charge is 0.325 e. The lowest BCUT2D eigenvalue weighted by molar-refractivity contribution is -0.139. The van der Waals surface area contributed by atoms with Crippen molar-refractivity contribution in [3.05, 3.63) is 35.4 Å². The van der Waals surface area contributed by atoms with Crippen LogP contribution in [0.5, 0.6) is 0 Å². The number of piperidine rings is 1. The topological polar surface area (TPSA) is 69.7 Å². The van der Waals surface area contributed by atoms with Gasteiger partial charge in [-0.05, 0) is 43.7 Å². The van der Waals surface area contributed by atoms with Crippen LogP contribution in [-0.4, -0.2) is 47.3 Å². The number of nitrogens with zero attached hydrogens (tertiary/aromatic N) is 2. The van der Waals surface area contributed by atoms with Gasteiger partial charge in [-0.15, -0.1) is 0 Å². The van der Waals surface area contributed by atoms with Crippen molar-refractivity contribution in [1.82, 2.24) is 15.1 Å². The summed E-state index contributed by atoms with van der Waals surface area (Å²) in [4.78, 5) is 40.6. The molecule has 26 heavy (non-hydrogen) atoms. The van der Waals surface area contributed by atoms with E-state index in [0.717, 1.165) is 42.6 Å². The third-order valence-electron chi connectivity index (χ3n) is 5.35. The summed E-state index contributed by atoms with van der Waals surface area (Å²) in [6.07, 6.45) is 5.12. The average molecular weight is 357 g/mol. The summed E-state index contributed by atoms with van der Waals surface area (Å²) in [6, 6.07) is 7.26. The molecular formula is C20H27N3O3. The van der Waals surface area contributed by atoms with E-state index in [2.05, 4.69) is 12.2 Å². The minimum Gasteiger partial charge on any atom is -0.341 e. The maximum Gasteiger partial charge on any atom is 0.325 e. The molecule has 1 atom stereocenters. The fraction of sp³-hybridized carbons (Fsp3) is 0.550. The number of benzene rings is 1. The Bertz CT molecular complexity index is 695. The molecular weight excluding hydrogens is 330 g/mol. The van der Waals surface area contributed by atoms with Crippen molar-refractivity contribution >= 4 is 17.8 Å². The van der Waals surface area contributed by atoms with Gasteiger partial charge >= 0.3 is 6.03 Å². The van der Waals surface area contributed by atoms with Crippen molar-refractivity contribution in [1.29, 1.82) is 0 Å². The van der Waals surface area contributed by atoms with Gasteiger partial charge in [-0.1, -0.05) is 37.6 Å². The first-order chi connectivity index (χ1) is 12.5. The van der Waals surface area contributed by atoms with Crippen LogP contribution in [0.1, 0.15) is 50.7 Å². The van der Waals surface area contributed by atoms with Gasteiger partial charge in [0.05, 0.1) is 0 Å². The minimum atomic E-state index is -1.12. The molecule has 6 nitrogen and oxygen atoms in total. The normalized spacial score (nSPS) is 23.3. The number of likely N-dealkylation sites (tertiary alicyclic amines) is 1. The molecule has 0 saturated carbocycles. The third-order valence-corrected chi connectivity index (χ3v) is 5.35. The van der Waals surface area contributed by atoms with Gasteiger partial charge in [-0.3, -0.25) is 14.5 Å². The van der Waals surface area contributed by atoms with Gasteiger partial charge in [-0.2, -0.15) is 0 Å². The van der Waals surface area contributed by atoms with Gasteiger partial charge in [0.1, 0.15) is 12.1 Å². The molecule has 0 spiro atoms. The van der Waals surface area contributed by atoms with E-state index < -0.39 is 11.6 Å². The summed E-state index contributed by atoms with van der Waals surface area (Å²) in [5, 5.41) is 2.77. The van der Waals surface area contributed by atoms with Crippen molar-refractivity contribution in [3.8, 4) is 0 Å². The Labute approximate surface area is 154 Å². The number of urea groups is 1. The highest BCUT2D eigenvalue weighted by Gasteiger charge is 2.49. The van der Waals surface area contributed by atoms with Gasteiger partial charge in [0.2, 0.25) is 5.91 Å². The van der Waals surface area contributed by atoms with Crippen molar-refractivity contribution in [2.75, 3.05) is 19.6 Å². The molecule has 2 saturated heterocycles. The van der Waals surface area contributed by atoms with Crippen molar-refractivity contribution in [2.24, 2.45) is 0 Å². The molecule has 2 fully saturated rings. The van der Waals surface area contributed by atoms with Crippen LogP contribution in [-0.2, 0) is 21.5 Å². The highest BCUT2D eigenvalue weighted by Crippen LogP contribution is 2.29. The second kappa shape index (κ2) is 7.48. The van der Waals surface area contributed by atoms with Gasteiger partial charge in [0.15, 0.2) is 0 Å². The summed E-state index contributed by atoms with van der Waals surface area (Å²) in [6.45, 7) is 5.05. The largest absolute Gasteiger partial charge is 0.341 e. The van der Waals surface area contributed by atoms with Crippen LogP contribution in [0.15, 0.2) is 24.3 Å². The molecule has 2 aliphatic heterocycles.